The molecular formula is C14H19IN6O2S. The molecular weight excluding hydrogens is 443 g/mol. The minimum atomic E-state index is -3.93. The molecule has 1 spiro atoms. The normalized spacial score (nSPS) is 20.7. The number of anilines is 1. The summed E-state index contributed by atoms with van der Waals surface area (Å²) in [7, 11) is -3.93. The van der Waals surface area contributed by atoms with Gasteiger partial charge in [0, 0.05) is 3.57 Å². The van der Waals surface area contributed by atoms with Crippen LogP contribution in [0.3, 0.4) is 0 Å². The lowest BCUT2D eigenvalue weighted by Crippen LogP contribution is -2.58. The molecule has 10 heteroatoms. The Labute approximate surface area is 154 Å². The number of rotatable bonds is 2. The molecule has 24 heavy (non-hydrogen) atoms. The molecule has 0 radical (unpaired) electrons. The summed E-state index contributed by atoms with van der Waals surface area (Å²) in [6.45, 7) is 0. The molecule has 0 unspecified atom stereocenters. The monoisotopic (exact) mass is 462 g/mol. The smallest absolute Gasteiger partial charge is 0.240 e. The summed E-state index contributed by atoms with van der Waals surface area (Å²) in [6.07, 6.45) is 4.45. The zero-order chi connectivity index (χ0) is 17.5. The average molecular weight is 462 g/mol. The van der Waals surface area contributed by atoms with E-state index in [4.69, 9.17) is 16.6 Å². The summed E-state index contributed by atoms with van der Waals surface area (Å²) in [5, 5.41) is 5.42. The summed E-state index contributed by atoms with van der Waals surface area (Å²) in [5.41, 5.74) is 11.6. The van der Waals surface area contributed by atoms with Crippen LogP contribution in [0.1, 0.15) is 32.1 Å². The van der Waals surface area contributed by atoms with Gasteiger partial charge in [0.2, 0.25) is 21.9 Å². The predicted molar refractivity (Wildman–Crippen MR) is 102 cm³/mol. The van der Waals surface area contributed by atoms with Crippen LogP contribution >= 0.6 is 22.6 Å². The van der Waals surface area contributed by atoms with Gasteiger partial charge in [0.25, 0.3) is 0 Å². The molecule has 1 heterocycles. The third-order valence-corrected chi connectivity index (χ3v) is 5.93. The first-order chi connectivity index (χ1) is 11.2. The van der Waals surface area contributed by atoms with Gasteiger partial charge in [0.15, 0.2) is 0 Å². The van der Waals surface area contributed by atoms with E-state index >= 15 is 0 Å². The fourth-order valence-electron chi connectivity index (χ4n) is 3.37. The van der Waals surface area contributed by atoms with Crippen LogP contribution in [0, 0.1) is 3.57 Å². The Morgan fingerprint density at radius 2 is 1.83 bits per heavy atom. The third-order valence-electron chi connectivity index (χ3n) is 4.32. The van der Waals surface area contributed by atoms with E-state index in [1.54, 1.807) is 17.0 Å². The molecule has 6 N–H and O–H groups in total. The summed E-state index contributed by atoms with van der Waals surface area (Å²) in [6, 6.07) is 5.02. The number of benzene rings is 1. The SMILES string of the molecule is NC1=NC2(CCCCC2)N(c2ccc(I)cc2S(N)(=O)=O)C(N)=N1. The molecule has 0 atom stereocenters. The topological polar surface area (TPSA) is 140 Å². The number of hydrogen-bond acceptors (Lipinski definition) is 7. The van der Waals surface area contributed by atoms with Gasteiger partial charge in [-0.15, -0.1) is 0 Å². The number of nitrogens with two attached hydrogens (primary N) is 3. The van der Waals surface area contributed by atoms with Crippen molar-refractivity contribution in [3.8, 4) is 0 Å². The maximum Gasteiger partial charge on any atom is 0.240 e. The van der Waals surface area contributed by atoms with Gasteiger partial charge >= 0.3 is 0 Å². The van der Waals surface area contributed by atoms with Gasteiger partial charge in [-0.1, -0.05) is 6.42 Å². The Kier molecular flexibility index (Phi) is 4.47. The minimum Gasteiger partial charge on any atom is -0.369 e. The Bertz CT molecular complexity index is 830. The molecule has 1 fully saturated rings. The molecule has 0 bridgehead atoms. The van der Waals surface area contributed by atoms with Crippen molar-refractivity contribution in [3.05, 3.63) is 21.8 Å². The number of guanidine groups is 2. The van der Waals surface area contributed by atoms with Crippen LogP contribution in [0.25, 0.3) is 0 Å². The van der Waals surface area contributed by atoms with Crippen molar-refractivity contribution in [2.45, 2.75) is 42.7 Å². The third kappa shape index (κ3) is 3.09. The number of halogens is 1. The first-order valence-corrected chi connectivity index (χ1v) is 10.2. The lowest BCUT2D eigenvalue weighted by molar-refractivity contribution is 0.305. The van der Waals surface area contributed by atoms with E-state index < -0.39 is 15.7 Å². The highest BCUT2D eigenvalue weighted by Gasteiger charge is 2.44. The molecule has 1 aromatic rings. The standard InChI is InChI=1S/C14H19IN6O2S/c15-9-4-5-10(11(8-9)24(18,22)23)21-13(17)19-12(16)20-14(21)6-2-1-3-7-14/h4-5,8H,1-3,6-7H2,(H2,18,22,23)(H4,16,17,19,20). The Hall–Kier alpha value is -1.40. The van der Waals surface area contributed by atoms with Crippen LogP contribution in [0.5, 0.6) is 0 Å². The average Bonchev–Trinajstić information content (AvgIpc) is 2.47. The lowest BCUT2D eigenvalue weighted by Gasteiger charge is -2.46. The first-order valence-electron chi connectivity index (χ1n) is 7.55. The van der Waals surface area contributed by atoms with E-state index in [1.165, 1.54) is 6.07 Å². The molecule has 2 aliphatic rings. The van der Waals surface area contributed by atoms with Crippen LogP contribution in [-0.4, -0.2) is 26.0 Å². The summed E-state index contributed by atoms with van der Waals surface area (Å²) in [4.78, 5) is 10.3. The van der Waals surface area contributed by atoms with Crippen molar-refractivity contribution in [2.75, 3.05) is 4.90 Å². The highest BCUT2D eigenvalue weighted by molar-refractivity contribution is 14.1. The molecule has 1 aliphatic heterocycles. The molecule has 1 aliphatic carbocycles. The van der Waals surface area contributed by atoms with Crippen LogP contribution in [0.15, 0.2) is 33.1 Å². The Morgan fingerprint density at radius 1 is 1.17 bits per heavy atom. The fraction of sp³-hybridized carbons (Fsp3) is 0.429. The van der Waals surface area contributed by atoms with Crippen molar-refractivity contribution in [3.63, 3.8) is 0 Å². The number of hydrogen-bond donors (Lipinski definition) is 3. The van der Waals surface area contributed by atoms with Crippen LogP contribution in [0.4, 0.5) is 5.69 Å². The second-order valence-electron chi connectivity index (χ2n) is 5.98. The van der Waals surface area contributed by atoms with Gasteiger partial charge in [-0.25, -0.2) is 18.5 Å². The Balaban J connectivity index is 2.22. The van der Waals surface area contributed by atoms with Crippen molar-refractivity contribution in [2.24, 2.45) is 26.6 Å². The molecule has 1 saturated carbocycles. The number of sulfonamides is 1. The van der Waals surface area contributed by atoms with Crippen molar-refractivity contribution < 1.29 is 8.42 Å². The maximum absolute atomic E-state index is 12.1. The molecule has 0 saturated heterocycles. The second-order valence-corrected chi connectivity index (χ2v) is 8.75. The van der Waals surface area contributed by atoms with Crippen LogP contribution in [0.2, 0.25) is 0 Å². The molecule has 130 valence electrons. The highest BCUT2D eigenvalue weighted by atomic mass is 127. The van der Waals surface area contributed by atoms with Gasteiger partial charge in [-0.05, 0) is 66.5 Å². The molecule has 1 aromatic carbocycles. The van der Waals surface area contributed by atoms with Gasteiger partial charge in [-0.3, -0.25) is 4.90 Å². The van der Waals surface area contributed by atoms with Gasteiger partial charge in [0.1, 0.15) is 10.6 Å². The largest absolute Gasteiger partial charge is 0.369 e. The molecule has 8 nitrogen and oxygen atoms in total. The lowest BCUT2D eigenvalue weighted by atomic mass is 9.87. The van der Waals surface area contributed by atoms with E-state index in [1.807, 2.05) is 22.6 Å². The van der Waals surface area contributed by atoms with Crippen molar-refractivity contribution in [1.82, 2.24) is 0 Å². The van der Waals surface area contributed by atoms with Crippen molar-refractivity contribution >= 4 is 50.2 Å². The first kappa shape index (κ1) is 17.4. The van der Waals surface area contributed by atoms with Gasteiger partial charge in [-0.2, -0.15) is 4.99 Å². The highest BCUT2D eigenvalue weighted by Crippen LogP contribution is 2.41. The number of aliphatic imine (C=N–C) groups is 2. The van der Waals surface area contributed by atoms with Crippen LogP contribution < -0.4 is 21.5 Å². The molecule has 0 amide bonds. The van der Waals surface area contributed by atoms with Crippen molar-refractivity contribution in [1.29, 1.82) is 0 Å². The summed E-state index contributed by atoms with van der Waals surface area (Å²) < 4.78 is 25.0. The zero-order valence-corrected chi connectivity index (χ0v) is 15.9. The number of primary sulfonamides is 1. The predicted octanol–water partition coefficient (Wildman–Crippen LogP) is 1.05. The minimum absolute atomic E-state index is 0.00756. The zero-order valence-electron chi connectivity index (χ0n) is 12.9. The van der Waals surface area contributed by atoms with Gasteiger partial charge < -0.3 is 11.5 Å². The quantitative estimate of drug-likeness (QED) is 0.564. The van der Waals surface area contributed by atoms with Crippen LogP contribution in [-0.2, 0) is 10.0 Å². The van der Waals surface area contributed by atoms with Gasteiger partial charge in [0.05, 0.1) is 5.69 Å². The molecule has 3 rings (SSSR count). The van der Waals surface area contributed by atoms with E-state index in [-0.39, 0.29) is 16.8 Å². The van der Waals surface area contributed by atoms with E-state index in [0.29, 0.717) is 5.69 Å². The number of nitrogens with zero attached hydrogens (tertiary/aromatic N) is 3. The molecule has 0 aromatic heterocycles. The maximum atomic E-state index is 12.1. The summed E-state index contributed by atoms with van der Waals surface area (Å²) in [5.74, 6) is 0.254. The Morgan fingerprint density at radius 3 is 2.46 bits per heavy atom. The fourth-order valence-corrected chi connectivity index (χ4v) is 4.82. The summed E-state index contributed by atoms with van der Waals surface area (Å²) >= 11 is 2.04. The van der Waals surface area contributed by atoms with E-state index in [0.717, 1.165) is 35.7 Å². The van der Waals surface area contributed by atoms with E-state index in [2.05, 4.69) is 9.98 Å². The van der Waals surface area contributed by atoms with E-state index in [9.17, 15) is 8.42 Å². The second kappa shape index (κ2) is 6.15.